The molecule has 0 aromatic heterocycles. The predicted molar refractivity (Wildman–Crippen MR) is 128 cm³/mol. The number of hydrogen-bond donors (Lipinski definition) is 2. The monoisotopic (exact) mass is 489 g/mol. The molecule has 0 bridgehead atoms. The summed E-state index contributed by atoms with van der Waals surface area (Å²) in [6.07, 6.45) is 6.61. The van der Waals surface area contributed by atoms with Crippen molar-refractivity contribution in [2.75, 3.05) is 13.6 Å². The first-order valence-corrected chi connectivity index (χ1v) is 11.3. The lowest BCUT2D eigenvalue weighted by Crippen LogP contribution is -2.47. The van der Waals surface area contributed by atoms with Gasteiger partial charge in [-0.2, -0.15) is 10.2 Å². The molecule has 0 spiro atoms. The third kappa shape index (κ3) is 6.05. The molecule has 3 N–H and O–H groups in total. The van der Waals surface area contributed by atoms with Gasteiger partial charge in [-0.25, -0.2) is 18.0 Å². The molecule has 1 aliphatic carbocycles. The molecule has 2 aliphatic rings. The Hall–Kier alpha value is -3.27. The number of alkyl halides is 1. The molecule has 0 radical (unpaired) electrons. The van der Waals surface area contributed by atoms with Crippen LogP contribution >= 0.6 is 0 Å². The van der Waals surface area contributed by atoms with Crippen LogP contribution in [0.3, 0.4) is 0 Å². The van der Waals surface area contributed by atoms with Crippen LogP contribution in [0.25, 0.3) is 6.08 Å². The number of halogens is 3. The van der Waals surface area contributed by atoms with Gasteiger partial charge in [0.15, 0.2) is 5.84 Å². The summed E-state index contributed by atoms with van der Waals surface area (Å²) in [5, 5.41) is 20.3. The van der Waals surface area contributed by atoms with E-state index in [1.807, 2.05) is 13.0 Å². The number of rotatable bonds is 6. The molecule has 0 saturated heterocycles. The highest BCUT2D eigenvalue weighted by Gasteiger charge is 2.41. The maximum absolute atomic E-state index is 15.4. The van der Waals surface area contributed by atoms with Crippen LogP contribution in [0.2, 0.25) is 0 Å². The number of carboxylic acid groups (broad SMARTS) is 1. The summed E-state index contributed by atoms with van der Waals surface area (Å²) in [5.74, 6) is 2.70. The van der Waals surface area contributed by atoms with Crippen molar-refractivity contribution < 1.29 is 23.1 Å². The summed E-state index contributed by atoms with van der Waals surface area (Å²) in [6.45, 7) is 4.73. The van der Waals surface area contributed by atoms with Crippen LogP contribution in [0, 0.1) is 17.6 Å². The Kier molecular flexibility index (Phi) is 7.94. The molecular weight excluding hydrogens is 459 g/mol. The average molecular weight is 490 g/mol. The molecule has 0 saturated carbocycles. The van der Waals surface area contributed by atoms with Crippen molar-refractivity contribution >= 4 is 17.9 Å². The molecule has 7 nitrogen and oxygen atoms in total. The molecule has 3 rings (SSSR count). The molecular formula is C25H30F3N5O2. The van der Waals surface area contributed by atoms with Crippen molar-refractivity contribution in [3.8, 4) is 0 Å². The van der Waals surface area contributed by atoms with Gasteiger partial charge in [-0.1, -0.05) is 17.7 Å². The van der Waals surface area contributed by atoms with Gasteiger partial charge in [-0.05, 0) is 63.0 Å². The van der Waals surface area contributed by atoms with E-state index >= 15 is 8.78 Å². The fourth-order valence-corrected chi connectivity index (χ4v) is 4.79. The fraction of sp³-hybridized carbons (Fsp3) is 0.440. The Bertz CT molecular complexity index is 1110. The van der Waals surface area contributed by atoms with Gasteiger partial charge in [-0.15, -0.1) is 5.11 Å². The van der Waals surface area contributed by atoms with Gasteiger partial charge in [0.2, 0.25) is 0 Å². The highest BCUT2D eigenvalue weighted by molar-refractivity contribution is 5.87. The van der Waals surface area contributed by atoms with Gasteiger partial charge in [-0.3, -0.25) is 4.90 Å². The van der Waals surface area contributed by atoms with E-state index in [-0.39, 0.29) is 29.6 Å². The fourth-order valence-electron chi connectivity index (χ4n) is 4.79. The van der Waals surface area contributed by atoms with Crippen LogP contribution in [0.4, 0.5) is 13.2 Å². The van der Waals surface area contributed by atoms with E-state index in [0.29, 0.717) is 24.3 Å². The molecule has 10 heteroatoms. The van der Waals surface area contributed by atoms with Crippen molar-refractivity contribution in [2.45, 2.75) is 51.4 Å². The molecule has 3 unspecified atom stereocenters. The number of hydrazone groups is 1. The summed E-state index contributed by atoms with van der Waals surface area (Å²) in [5.41, 5.74) is -0.0767. The standard InChI is InChI=1S/C25H30F3N5O2/c1-14-9-17-12-16(24(31-29)32-30-4)6-7-18(17)23(33(14)13-25(2,3)28)22-19(26)10-15(11-20(22)27)5-8-21(34)35/h5-8,10-11,14,16,23H,9,12-13,29H2,1-4H3,(H,34,35)/b8-5+,31-24?,32-30?. The van der Waals surface area contributed by atoms with Crippen molar-refractivity contribution in [2.24, 2.45) is 27.1 Å². The predicted octanol–water partition coefficient (Wildman–Crippen LogP) is 5.17. The largest absolute Gasteiger partial charge is 0.478 e. The van der Waals surface area contributed by atoms with E-state index in [1.54, 1.807) is 11.0 Å². The Morgan fingerprint density at radius 2 is 1.94 bits per heavy atom. The third-order valence-electron chi connectivity index (χ3n) is 6.13. The lowest BCUT2D eigenvalue weighted by atomic mass is 9.77. The molecule has 3 atom stereocenters. The third-order valence-corrected chi connectivity index (χ3v) is 6.13. The number of amidine groups is 1. The first-order chi connectivity index (χ1) is 16.4. The van der Waals surface area contributed by atoms with Gasteiger partial charge < -0.3 is 10.9 Å². The van der Waals surface area contributed by atoms with Gasteiger partial charge in [0, 0.05) is 37.2 Å². The van der Waals surface area contributed by atoms with Crippen molar-refractivity contribution in [1.82, 2.24) is 4.90 Å². The Morgan fingerprint density at radius 3 is 2.49 bits per heavy atom. The smallest absolute Gasteiger partial charge is 0.328 e. The molecule has 1 aliphatic heterocycles. The van der Waals surface area contributed by atoms with Crippen molar-refractivity contribution in [3.63, 3.8) is 0 Å². The SMILES string of the molecule is CN=NC(=NN)C1C=CC2=C(C1)CC(C)N(CC(C)(C)F)C2c1c(F)cc(/C=C/C(=O)O)cc1F. The second kappa shape index (κ2) is 10.6. The van der Waals surface area contributed by atoms with Crippen molar-refractivity contribution in [1.29, 1.82) is 0 Å². The summed E-state index contributed by atoms with van der Waals surface area (Å²) >= 11 is 0. The lowest BCUT2D eigenvalue weighted by molar-refractivity contribution is -0.131. The number of nitrogens with zero attached hydrogens (tertiary/aromatic N) is 4. The maximum Gasteiger partial charge on any atom is 0.328 e. The maximum atomic E-state index is 15.4. The van der Waals surface area contributed by atoms with Gasteiger partial charge in [0.1, 0.15) is 17.3 Å². The molecule has 1 heterocycles. The zero-order valence-electron chi connectivity index (χ0n) is 20.2. The van der Waals surface area contributed by atoms with E-state index < -0.39 is 29.3 Å². The van der Waals surface area contributed by atoms with Gasteiger partial charge in [0.25, 0.3) is 0 Å². The Balaban J connectivity index is 2.12. The van der Waals surface area contributed by atoms with E-state index in [0.717, 1.165) is 29.9 Å². The Labute approximate surface area is 202 Å². The zero-order valence-corrected chi connectivity index (χ0v) is 20.2. The number of benzene rings is 1. The minimum atomic E-state index is -1.61. The number of azo groups is 1. The molecule has 0 amide bonds. The van der Waals surface area contributed by atoms with Crippen LogP contribution in [0.15, 0.2) is 56.8 Å². The minimum absolute atomic E-state index is 0.0357. The van der Waals surface area contributed by atoms with E-state index in [2.05, 4.69) is 15.3 Å². The van der Waals surface area contributed by atoms with Crippen LogP contribution in [-0.4, -0.2) is 47.1 Å². The summed E-state index contributed by atoms with van der Waals surface area (Å²) in [6, 6.07) is 1.10. The van der Waals surface area contributed by atoms with Crippen LogP contribution < -0.4 is 5.84 Å². The summed E-state index contributed by atoms with van der Waals surface area (Å²) in [4.78, 5) is 12.6. The topological polar surface area (TPSA) is 104 Å². The zero-order chi connectivity index (χ0) is 25.9. The Morgan fingerprint density at radius 1 is 1.29 bits per heavy atom. The van der Waals surface area contributed by atoms with Crippen molar-refractivity contribution in [3.05, 3.63) is 64.3 Å². The number of nitrogens with two attached hydrogens (primary N) is 1. The van der Waals surface area contributed by atoms with E-state index in [1.165, 1.54) is 20.9 Å². The first kappa shape index (κ1) is 26.3. The number of carbonyl (C=O) groups is 1. The summed E-state index contributed by atoms with van der Waals surface area (Å²) in [7, 11) is 1.51. The molecule has 1 aromatic carbocycles. The van der Waals surface area contributed by atoms with Crippen LogP contribution in [-0.2, 0) is 4.79 Å². The molecule has 1 aromatic rings. The lowest BCUT2D eigenvalue weighted by Gasteiger charge is -2.46. The molecule has 35 heavy (non-hydrogen) atoms. The first-order valence-electron chi connectivity index (χ1n) is 11.3. The molecule has 188 valence electrons. The minimum Gasteiger partial charge on any atom is -0.478 e. The normalized spacial score (nSPS) is 24.0. The number of carboxylic acids is 1. The quantitative estimate of drug-likeness (QED) is 0.144. The average Bonchev–Trinajstić information content (AvgIpc) is 2.76. The number of aliphatic carboxylic acids is 1. The summed E-state index contributed by atoms with van der Waals surface area (Å²) < 4.78 is 45.7. The van der Waals surface area contributed by atoms with E-state index in [4.69, 9.17) is 10.9 Å². The second-order valence-corrected chi connectivity index (χ2v) is 9.43. The van der Waals surface area contributed by atoms with Crippen LogP contribution in [0.1, 0.15) is 50.8 Å². The van der Waals surface area contributed by atoms with Gasteiger partial charge in [0.05, 0.1) is 6.04 Å². The van der Waals surface area contributed by atoms with Crippen LogP contribution in [0.5, 0.6) is 0 Å². The van der Waals surface area contributed by atoms with E-state index in [9.17, 15) is 9.18 Å². The second-order valence-electron chi connectivity index (χ2n) is 9.43. The highest BCUT2D eigenvalue weighted by atomic mass is 19.1. The molecule has 0 fully saturated rings. The number of hydrogen-bond acceptors (Lipinski definition) is 5. The van der Waals surface area contributed by atoms with Gasteiger partial charge >= 0.3 is 5.97 Å². The highest BCUT2D eigenvalue weighted by Crippen LogP contribution is 2.46.